The second-order valence-electron chi connectivity index (χ2n) is 4.57. The van der Waals surface area contributed by atoms with E-state index in [9.17, 15) is 8.42 Å². The summed E-state index contributed by atoms with van der Waals surface area (Å²) in [6, 6.07) is 1.72. The lowest BCUT2D eigenvalue weighted by atomic mass is 9.95. The lowest BCUT2D eigenvalue weighted by Gasteiger charge is -2.30. The van der Waals surface area contributed by atoms with Crippen molar-refractivity contribution in [3.8, 4) is 0 Å². The molecule has 0 aliphatic heterocycles. The van der Waals surface area contributed by atoms with Crippen molar-refractivity contribution in [2.75, 3.05) is 6.54 Å². The molecule has 0 amide bonds. The third-order valence-corrected chi connectivity index (χ3v) is 6.18. The van der Waals surface area contributed by atoms with Crippen molar-refractivity contribution in [2.24, 2.45) is 5.73 Å². The van der Waals surface area contributed by atoms with E-state index in [1.165, 1.54) is 11.3 Å². The summed E-state index contributed by atoms with van der Waals surface area (Å²) in [5.74, 6) is 0. The Morgan fingerprint density at radius 2 is 1.84 bits per heavy atom. The number of rotatable bonds is 6. The summed E-state index contributed by atoms with van der Waals surface area (Å²) in [5, 5.41) is 0. The molecule has 0 saturated carbocycles. The van der Waals surface area contributed by atoms with Gasteiger partial charge in [-0.25, -0.2) is 13.1 Å². The first-order valence-corrected chi connectivity index (χ1v) is 8.41. The van der Waals surface area contributed by atoms with Crippen LogP contribution in [0.5, 0.6) is 0 Å². The first-order chi connectivity index (χ1) is 8.30. The van der Waals surface area contributed by atoms with E-state index in [0.29, 0.717) is 24.3 Å². The zero-order valence-electron chi connectivity index (χ0n) is 11.8. The molecular weight excluding hydrogens is 304 g/mol. The Kier molecular flexibility index (Phi) is 6.99. The predicted molar refractivity (Wildman–Crippen MR) is 83.7 cm³/mol. The number of hydrogen-bond acceptors (Lipinski definition) is 4. The molecule has 0 atom stereocenters. The van der Waals surface area contributed by atoms with Gasteiger partial charge in [0, 0.05) is 21.8 Å². The summed E-state index contributed by atoms with van der Waals surface area (Å²) in [6.45, 7) is 7.94. The Balaban J connectivity index is 0.00000324. The van der Waals surface area contributed by atoms with Gasteiger partial charge in [0.25, 0.3) is 0 Å². The van der Waals surface area contributed by atoms with Crippen molar-refractivity contribution >= 4 is 33.8 Å². The molecule has 0 radical (unpaired) electrons. The van der Waals surface area contributed by atoms with Crippen LogP contribution in [0.1, 0.15) is 36.4 Å². The normalized spacial score (nSPS) is 12.3. The highest BCUT2D eigenvalue weighted by atomic mass is 35.5. The quantitative estimate of drug-likeness (QED) is 0.844. The number of aryl methyl sites for hydroxylation is 2. The third-order valence-electron chi connectivity index (χ3n) is 3.38. The minimum Gasteiger partial charge on any atom is -0.329 e. The first kappa shape index (κ1) is 18.9. The molecule has 1 rings (SSSR count). The molecule has 112 valence electrons. The van der Waals surface area contributed by atoms with Gasteiger partial charge in [-0.3, -0.25) is 0 Å². The summed E-state index contributed by atoms with van der Waals surface area (Å²) in [5.41, 5.74) is 5.19. The van der Waals surface area contributed by atoms with Crippen LogP contribution in [-0.4, -0.2) is 20.5 Å². The Morgan fingerprint density at radius 1 is 1.32 bits per heavy atom. The van der Waals surface area contributed by atoms with Crippen LogP contribution in [0.3, 0.4) is 0 Å². The Hall–Kier alpha value is -0.140. The van der Waals surface area contributed by atoms with Gasteiger partial charge in [0.2, 0.25) is 10.0 Å². The first-order valence-electron chi connectivity index (χ1n) is 6.11. The molecule has 1 aromatic rings. The fourth-order valence-corrected chi connectivity index (χ4v) is 5.05. The van der Waals surface area contributed by atoms with Crippen molar-refractivity contribution in [1.29, 1.82) is 0 Å². The van der Waals surface area contributed by atoms with Crippen LogP contribution in [-0.2, 0) is 10.0 Å². The molecule has 0 fully saturated rings. The third kappa shape index (κ3) is 4.16. The molecule has 4 nitrogen and oxygen atoms in total. The maximum absolute atomic E-state index is 12.4. The average molecular weight is 327 g/mol. The summed E-state index contributed by atoms with van der Waals surface area (Å²) in [7, 11) is -3.48. The Bertz CT molecular complexity index is 500. The number of thiophene rings is 1. The van der Waals surface area contributed by atoms with E-state index in [1.54, 1.807) is 6.07 Å². The number of hydrogen-bond donors (Lipinski definition) is 2. The SMILES string of the molecule is CCC(CC)(CN)NS(=O)(=O)c1cc(C)sc1C.Cl. The lowest BCUT2D eigenvalue weighted by Crippen LogP contribution is -2.52. The molecule has 0 bridgehead atoms. The zero-order valence-corrected chi connectivity index (χ0v) is 14.3. The predicted octanol–water partition coefficient (Wildman–Crippen LogP) is 2.58. The van der Waals surface area contributed by atoms with Gasteiger partial charge in [0.15, 0.2) is 0 Å². The van der Waals surface area contributed by atoms with E-state index >= 15 is 0 Å². The van der Waals surface area contributed by atoms with Gasteiger partial charge in [0.05, 0.1) is 4.90 Å². The van der Waals surface area contributed by atoms with Crippen LogP contribution in [0.4, 0.5) is 0 Å². The number of halogens is 1. The van der Waals surface area contributed by atoms with Gasteiger partial charge in [-0.15, -0.1) is 23.7 Å². The molecule has 0 spiro atoms. The molecule has 0 saturated heterocycles. The average Bonchev–Trinajstić information content (AvgIpc) is 2.66. The van der Waals surface area contributed by atoms with E-state index in [1.807, 2.05) is 27.7 Å². The second-order valence-corrected chi connectivity index (χ2v) is 7.69. The maximum Gasteiger partial charge on any atom is 0.242 e. The fraction of sp³-hybridized carbons (Fsp3) is 0.667. The summed E-state index contributed by atoms with van der Waals surface area (Å²) in [6.07, 6.45) is 1.36. The van der Waals surface area contributed by atoms with Crippen molar-refractivity contribution in [3.05, 3.63) is 15.8 Å². The maximum atomic E-state index is 12.4. The minimum atomic E-state index is -3.48. The van der Waals surface area contributed by atoms with Crippen LogP contribution < -0.4 is 10.5 Å². The second kappa shape index (κ2) is 7.04. The zero-order chi connectivity index (χ0) is 14.0. The van der Waals surface area contributed by atoms with Gasteiger partial charge in [0.1, 0.15) is 0 Å². The van der Waals surface area contributed by atoms with Crippen LogP contribution in [0.15, 0.2) is 11.0 Å². The molecule has 19 heavy (non-hydrogen) atoms. The van der Waals surface area contributed by atoms with Crippen LogP contribution >= 0.6 is 23.7 Å². The number of sulfonamides is 1. The number of nitrogens with one attached hydrogen (secondary N) is 1. The van der Waals surface area contributed by atoms with Crippen molar-refractivity contribution in [3.63, 3.8) is 0 Å². The van der Waals surface area contributed by atoms with Crippen LogP contribution in [0, 0.1) is 13.8 Å². The van der Waals surface area contributed by atoms with Crippen molar-refractivity contribution in [2.45, 2.75) is 51.0 Å². The Labute approximate surface area is 126 Å². The highest BCUT2D eigenvalue weighted by molar-refractivity contribution is 7.89. The van der Waals surface area contributed by atoms with E-state index in [4.69, 9.17) is 5.73 Å². The molecular formula is C12H23ClN2O2S2. The Morgan fingerprint density at radius 3 is 2.16 bits per heavy atom. The molecule has 0 aliphatic rings. The van der Waals surface area contributed by atoms with Crippen LogP contribution in [0.2, 0.25) is 0 Å². The summed E-state index contributed by atoms with van der Waals surface area (Å²) in [4.78, 5) is 2.20. The largest absolute Gasteiger partial charge is 0.329 e. The van der Waals surface area contributed by atoms with Crippen molar-refractivity contribution < 1.29 is 8.42 Å². The number of nitrogens with two attached hydrogens (primary N) is 1. The van der Waals surface area contributed by atoms with E-state index in [2.05, 4.69) is 4.72 Å². The molecule has 1 aromatic heterocycles. The molecule has 0 aromatic carbocycles. The molecule has 7 heteroatoms. The van der Waals surface area contributed by atoms with E-state index in [-0.39, 0.29) is 12.4 Å². The van der Waals surface area contributed by atoms with Crippen LogP contribution in [0.25, 0.3) is 0 Å². The monoisotopic (exact) mass is 326 g/mol. The fourth-order valence-electron chi connectivity index (χ4n) is 1.94. The van der Waals surface area contributed by atoms with Gasteiger partial charge >= 0.3 is 0 Å². The van der Waals surface area contributed by atoms with E-state index < -0.39 is 15.6 Å². The molecule has 3 N–H and O–H groups in total. The van der Waals surface area contributed by atoms with Crippen molar-refractivity contribution in [1.82, 2.24) is 4.72 Å². The lowest BCUT2D eigenvalue weighted by molar-refractivity contribution is 0.363. The highest BCUT2D eigenvalue weighted by Crippen LogP contribution is 2.27. The van der Waals surface area contributed by atoms with Gasteiger partial charge in [-0.05, 0) is 32.8 Å². The van der Waals surface area contributed by atoms with Gasteiger partial charge in [-0.2, -0.15) is 0 Å². The topological polar surface area (TPSA) is 72.2 Å². The molecule has 0 aliphatic carbocycles. The molecule has 1 heterocycles. The van der Waals surface area contributed by atoms with E-state index in [0.717, 1.165) is 9.75 Å². The summed E-state index contributed by atoms with van der Waals surface area (Å²) >= 11 is 1.49. The summed E-state index contributed by atoms with van der Waals surface area (Å²) < 4.78 is 27.6. The van der Waals surface area contributed by atoms with Gasteiger partial charge < -0.3 is 5.73 Å². The minimum absolute atomic E-state index is 0. The van der Waals surface area contributed by atoms with Gasteiger partial charge in [-0.1, -0.05) is 13.8 Å². The standard InChI is InChI=1S/C12H22N2O2S2.ClH/c1-5-12(6-2,8-13)14-18(15,16)11-7-9(3)17-10(11)4;/h7,14H,5-6,8,13H2,1-4H3;1H. The molecule has 0 unspecified atom stereocenters. The smallest absolute Gasteiger partial charge is 0.242 e. The highest BCUT2D eigenvalue weighted by Gasteiger charge is 2.32.